The third-order valence-corrected chi connectivity index (χ3v) is 6.69. The van der Waals surface area contributed by atoms with Gasteiger partial charge in [-0.2, -0.15) is 0 Å². The number of carbonyl (C=O) groups excluding carboxylic acids is 2. The van der Waals surface area contributed by atoms with Gasteiger partial charge in [0.25, 0.3) is 0 Å². The minimum absolute atomic E-state index is 0.147. The van der Waals surface area contributed by atoms with Crippen LogP contribution in [0.5, 0.6) is 17.2 Å². The summed E-state index contributed by atoms with van der Waals surface area (Å²) in [5, 5.41) is 3.52. The van der Waals surface area contributed by atoms with Crippen LogP contribution in [0.15, 0.2) is 41.4 Å². The Balaban J connectivity index is 1.65. The number of halogens is 1. The lowest BCUT2D eigenvalue weighted by Crippen LogP contribution is -2.57. The Morgan fingerprint density at radius 2 is 1.59 bits per heavy atom. The lowest BCUT2D eigenvalue weighted by molar-refractivity contribution is -0.153. The first-order chi connectivity index (χ1) is 17.9. The van der Waals surface area contributed by atoms with Gasteiger partial charge in [-0.05, 0) is 48.9 Å². The highest BCUT2D eigenvalue weighted by molar-refractivity contribution is 6.30. The number of carbonyl (C=O) groups is 2. The molecule has 1 saturated heterocycles. The average Bonchev–Trinajstić information content (AvgIpc) is 2.92. The van der Waals surface area contributed by atoms with E-state index in [9.17, 15) is 9.59 Å². The van der Waals surface area contributed by atoms with Crippen LogP contribution < -0.4 is 24.4 Å². The summed E-state index contributed by atoms with van der Waals surface area (Å²) in [6.45, 7) is 4.57. The van der Waals surface area contributed by atoms with E-state index in [4.69, 9.17) is 35.5 Å². The molecule has 0 radical (unpaired) electrons. The topological polar surface area (TPSA) is 102 Å². The van der Waals surface area contributed by atoms with Crippen LogP contribution in [0.3, 0.4) is 0 Å². The average molecular weight is 531 g/mol. The molecule has 1 N–H and O–H groups in total. The molecule has 0 bridgehead atoms. The van der Waals surface area contributed by atoms with Crippen molar-refractivity contribution in [1.82, 2.24) is 10.2 Å². The van der Waals surface area contributed by atoms with Gasteiger partial charge >= 0.3 is 5.97 Å². The van der Waals surface area contributed by atoms with Gasteiger partial charge in [-0.15, -0.1) is 0 Å². The quantitative estimate of drug-likeness (QED) is 0.431. The van der Waals surface area contributed by atoms with Gasteiger partial charge in [-0.3, -0.25) is 14.9 Å². The smallest absolute Gasteiger partial charge is 0.321 e. The maximum absolute atomic E-state index is 13.3. The van der Waals surface area contributed by atoms with Crippen molar-refractivity contribution in [3.63, 3.8) is 0 Å². The third-order valence-electron chi connectivity index (χ3n) is 6.43. The molecule has 2 atom stereocenters. The Hall–Kier alpha value is -3.66. The zero-order valence-corrected chi connectivity index (χ0v) is 22.1. The number of methoxy groups -OCH3 is 3. The van der Waals surface area contributed by atoms with Gasteiger partial charge < -0.3 is 28.7 Å². The van der Waals surface area contributed by atoms with Crippen molar-refractivity contribution in [2.75, 3.05) is 59.0 Å². The van der Waals surface area contributed by atoms with Crippen molar-refractivity contribution in [2.45, 2.75) is 13.0 Å². The van der Waals surface area contributed by atoms with Gasteiger partial charge in [0.05, 0.1) is 27.9 Å². The van der Waals surface area contributed by atoms with Crippen molar-refractivity contribution in [3.8, 4) is 17.2 Å². The number of guanidine groups is 1. The lowest BCUT2D eigenvalue weighted by atomic mass is 9.90. The van der Waals surface area contributed by atoms with Crippen LogP contribution in [-0.2, 0) is 14.3 Å². The molecule has 0 unspecified atom stereocenters. The molecule has 2 heterocycles. The van der Waals surface area contributed by atoms with Crippen LogP contribution in [0.2, 0.25) is 5.02 Å². The first-order valence-electron chi connectivity index (χ1n) is 12.0. The molecule has 2 aromatic carbocycles. The predicted molar refractivity (Wildman–Crippen MR) is 140 cm³/mol. The van der Waals surface area contributed by atoms with E-state index in [1.165, 1.54) is 21.3 Å². The molecule has 1 amide bonds. The number of benzene rings is 2. The number of aliphatic imine (C=N–C) groups is 1. The number of nitrogens with one attached hydrogen (secondary N) is 1. The molecule has 0 spiro atoms. The summed E-state index contributed by atoms with van der Waals surface area (Å²) < 4.78 is 21.6. The molecule has 2 aromatic rings. The van der Waals surface area contributed by atoms with Crippen LogP contribution >= 0.6 is 11.6 Å². The molecular weight excluding hydrogens is 500 g/mol. The Kier molecular flexibility index (Phi) is 8.27. The molecule has 0 aliphatic carbocycles. The highest BCUT2D eigenvalue weighted by Crippen LogP contribution is 2.42. The Morgan fingerprint density at radius 3 is 2.14 bits per heavy atom. The molecule has 11 heteroatoms. The predicted octanol–water partition coefficient (Wildman–Crippen LogP) is 2.89. The second-order valence-corrected chi connectivity index (χ2v) is 8.96. The first-order valence-corrected chi connectivity index (χ1v) is 12.4. The number of ether oxygens (including phenoxy) is 4. The van der Waals surface area contributed by atoms with Crippen LogP contribution in [0.25, 0.3) is 0 Å². The molecule has 10 nitrogen and oxygen atoms in total. The fraction of sp³-hybridized carbons (Fsp3) is 0.423. The normalized spacial score (nSPS) is 19.6. The zero-order valence-electron chi connectivity index (χ0n) is 21.3. The standard InChI is InChI=1S/C26H31ClN4O6/c1-5-37-25(33)21-22(16-14-19(34-2)23(36-4)20(15-16)35-3)28-26(29-24(21)32)31-12-10-30(11-13-31)18-8-6-17(27)7-9-18/h6-9,14-15,21-22H,5,10-13H2,1-4H3,(H,28,29,32)/t21-,22+/m1/s1. The highest BCUT2D eigenvalue weighted by Gasteiger charge is 2.43. The number of esters is 1. The maximum atomic E-state index is 13.3. The van der Waals surface area contributed by atoms with E-state index in [0.29, 0.717) is 46.9 Å². The molecule has 0 aromatic heterocycles. The number of nitrogens with zero attached hydrogens (tertiary/aromatic N) is 3. The molecule has 2 aliphatic rings. The van der Waals surface area contributed by atoms with E-state index >= 15 is 0 Å². The minimum atomic E-state index is -1.16. The van der Waals surface area contributed by atoms with Gasteiger partial charge in [0.15, 0.2) is 17.4 Å². The van der Waals surface area contributed by atoms with Gasteiger partial charge in [0.1, 0.15) is 6.04 Å². The van der Waals surface area contributed by atoms with E-state index in [-0.39, 0.29) is 6.61 Å². The molecule has 2 aliphatic heterocycles. The molecular formula is C26H31ClN4O6. The monoisotopic (exact) mass is 530 g/mol. The van der Waals surface area contributed by atoms with E-state index < -0.39 is 23.8 Å². The zero-order chi connectivity index (χ0) is 26.5. The van der Waals surface area contributed by atoms with Gasteiger partial charge in [-0.25, -0.2) is 4.99 Å². The number of hydrogen-bond donors (Lipinski definition) is 1. The maximum Gasteiger partial charge on any atom is 0.321 e. The van der Waals surface area contributed by atoms with Crippen LogP contribution in [-0.4, -0.2) is 76.9 Å². The Labute approximate surface area is 221 Å². The van der Waals surface area contributed by atoms with Crippen LogP contribution in [0.4, 0.5) is 5.69 Å². The summed E-state index contributed by atoms with van der Waals surface area (Å²) in [6, 6.07) is 10.3. The summed E-state index contributed by atoms with van der Waals surface area (Å²) in [5.41, 5.74) is 1.65. The second kappa shape index (κ2) is 11.6. The third kappa shape index (κ3) is 5.53. The molecule has 37 heavy (non-hydrogen) atoms. The summed E-state index contributed by atoms with van der Waals surface area (Å²) in [5.74, 6) is -0.653. The number of rotatable bonds is 7. The summed E-state index contributed by atoms with van der Waals surface area (Å²) >= 11 is 6.02. The van der Waals surface area contributed by atoms with E-state index in [1.807, 2.05) is 29.2 Å². The van der Waals surface area contributed by atoms with Gasteiger partial charge in [0, 0.05) is 36.9 Å². The van der Waals surface area contributed by atoms with E-state index in [2.05, 4.69) is 10.2 Å². The first kappa shape index (κ1) is 26.4. The number of amides is 1. The SMILES string of the molecule is CCOC(=O)[C@H]1C(=O)NC(N2CCN(c3ccc(Cl)cc3)CC2)=N[C@H]1c1cc(OC)c(OC)c(OC)c1. The fourth-order valence-electron chi connectivity index (χ4n) is 4.57. The van der Waals surface area contributed by atoms with Crippen molar-refractivity contribution < 1.29 is 28.5 Å². The van der Waals surface area contributed by atoms with E-state index in [1.54, 1.807) is 19.1 Å². The lowest BCUT2D eigenvalue weighted by Gasteiger charge is -2.39. The largest absolute Gasteiger partial charge is 0.493 e. The minimum Gasteiger partial charge on any atom is -0.493 e. The molecule has 4 rings (SSSR count). The van der Waals surface area contributed by atoms with Crippen molar-refractivity contribution >= 4 is 35.1 Å². The molecule has 1 fully saturated rings. The highest BCUT2D eigenvalue weighted by atomic mass is 35.5. The van der Waals surface area contributed by atoms with Crippen molar-refractivity contribution in [2.24, 2.45) is 10.9 Å². The summed E-state index contributed by atoms with van der Waals surface area (Å²) in [4.78, 5) is 35.2. The second-order valence-electron chi connectivity index (χ2n) is 8.53. The van der Waals surface area contributed by atoms with Gasteiger partial charge in [-0.1, -0.05) is 11.6 Å². The number of anilines is 1. The van der Waals surface area contributed by atoms with Gasteiger partial charge in [0.2, 0.25) is 17.6 Å². The number of hydrogen-bond acceptors (Lipinski definition) is 9. The van der Waals surface area contributed by atoms with E-state index in [0.717, 1.165) is 18.8 Å². The molecule has 198 valence electrons. The van der Waals surface area contributed by atoms with Crippen LogP contribution in [0, 0.1) is 5.92 Å². The van der Waals surface area contributed by atoms with Crippen LogP contribution in [0.1, 0.15) is 18.5 Å². The number of piperazine rings is 1. The summed E-state index contributed by atoms with van der Waals surface area (Å²) in [7, 11) is 4.52. The van der Waals surface area contributed by atoms with Crippen molar-refractivity contribution in [3.05, 3.63) is 47.0 Å². The molecule has 0 saturated carbocycles. The van der Waals surface area contributed by atoms with Crippen molar-refractivity contribution in [1.29, 1.82) is 0 Å². The fourth-order valence-corrected chi connectivity index (χ4v) is 4.69. The Bertz CT molecular complexity index is 1140. The Morgan fingerprint density at radius 1 is 1.00 bits per heavy atom. The summed E-state index contributed by atoms with van der Waals surface area (Å²) in [6.07, 6.45) is 0.